The number of hydroxylamine groups is 2. The van der Waals surface area contributed by atoms with Crippen LogP contribution in [0.25, 0.3) is 0 Å². The van der Waals surface area contributed by atoms with Gasteiger partial charge in [-0.3, -0.25) is 0 Å². The monoisotopic (exact) mass is 199 g/mol. The molecule has 0 aliphatic heterocycles. The summed E-state index contributed by atoms with van der Waals surface area (Å²) in [6, 6.07) is 0.396. The van der Waals surface area contributed by atoms with E-state index in [2.05, 4.69) is 0 Å². The summed E-state index contributed by atoms with van der Waals surface area (Å²) in [6.45, 7) is 11.6. The van der Waals surface area contributed by atoms with Crippen molar-refractivity contribution in [1.29, 1.82) is 0 Å². The molecule has 0 unspecified atom stereocenters. The lowest BCUT2D eigenvalue weighted by molar-refractivity contribution is -0.204. The van der Waals surface area contributed by atoms with Crippen LogP contribution >= 0.6 is 0 Å². The first-order valence-electron chi connectivity index (χ1n) is 5.03. The van der Waals surface area contributed by atoms with Crippen LogP contribution in [0.5, 0.6) is 0 Å². The molecule has 0 aliphatic rings. The largest absolute Gasteiger partial charge is 0.364 e. The third-order valence-electron chi connectivity index (χ3n) is 1.96. The average Bonchev–Trinajstić information content (AvgIpc) is 2.11. The highest BCUT2D eigenvalue weighted by atomic mass is 16.7. The molecule has 0 bridgehead atoms. The van der Waals surface area contributed by atoms with Gasteiger partial charge in [0.25, 0.3) is 0 Å². The fourth-order valence-electron chi connectivity index (χ4n) is 1.09. The van der Waals surface area contributed by atoms with E-state index in [0.717, 1.165) is 0 Å². The van der Waals surface area contributed by atoms with Crippen molar-refractivity contribution in [3.05, 3.63) is 11.6 Å². The number of rotatable bonds is 4. The van der Waals surface area contributed by atoms with E-state index in [0.29, 0.717) is 5.57 Å². The molecule has 0 aromatic heterocycles. The quantitative estimate of drug-likeness (QED) is 0.514. The van der Waals surface area contributed by atoms with Crippen LogP contribution in [0.3, 0.4) is 0 Å². The van der Waals surface area contributed by atoms with Crippen molar-refractivity contribution < 1.29 is 9.63 Å². The minimum absolute atomic E-state index is 0.198. The summed E-state index contributed by atoms with van der Waals surface area (Å²) in [5.41, 5.74) is 0.635. The van der Waals surface area contributed by atoms with Gasteiger partial charge in [0.05, 0.1) is 0 Å². The van der Waals surface area contributed by atoms with E-state index >= 15 is 0 Å². The smallest absolute Gasteiger partial charge is 0.352 e. The Hall–Kier alpha value is -0.830. The van der Waals surface area contributed by atoms with Crippen LogP contribution in [0.2, 0.25) is 0 Å². The Kier molecular flexibility index (Phi) is 5.46. The summed E-state index contributed by atoms with van der Waals surface area (Å²) in [6.07, 6.45) is 1.75. The maximum absolute atomic E-state index is 11.5. The van der Waals surface area contributed by atoms with Crippen LogP contribution in [0.15, 0.2) is 11.6 Å². The average molecular weight is 199 g/mol. The second-order valence-corrected chi connectivity index (χ2v) is 3.90. The molecule has 0 rings (SSSR count). The van der Waals surface area contributed by atoms with Crippen LogP contribution in [0.1, 0.15) is 41.5 Å². The molecule has 0 saturated carbocycles. The summed E-state index contributed by atoms with van der Waals surface area (Å²) >= 11 is 0. The van der Waals surface area contributed by atoms with Crippen molar-refractivity contribution in [3.8, 4) is 0 Å². The highest BCUT2D eigenvalue weighted by molar-refractivity contribution is 5.87. The van der Waals surface area contributed by atoms with Gasteiger partial charge in [0, 0.05) is 17.7 Å². The lowest BCUT2D eigenvalue weighted by atomic mass is 10.3. The predicted molar refractivity (Wildman–Crippen MR) is 57.6 cm³/mol. The first-order valence-corrected chi connectivity index (χ1v) is 5.03. The van der Waals surface area contributed by atoms with Crippen molar-refractivity contribution in [3.63, 3.8) is 0 Å². The van der Waals surface area contributed by atoms with Crippen LogP contribution in [0.4, 0.5) is 0 Å². The molecule has 3 heteroatoms. The zero-order chi connectivity index (χ0) is 11.3. The summed E-state index contributed by atoms with van der Waals surface area (Å²) in [5, 5.41) is 1.70. The highest BCUT2D eigenvalue weighted by Crippen LogP contribution is 2.08. The zero-order valence-electron chi connectivity index (χ0n) is 10.00. The Morgan fingerprint density at radius 3 is 1.93 bits per heavy atom. The van der Waals surface area contributed by atoms with Crippen LogP contribution in [-0.2, 0) is 9.63 Å². The summed E-state index contributed by atoms with van der Waals surface area (Å²) in [4.78, 5) is 16.7. The van der Waals surface area contributed by atoms with Crippen LogP contribution in [-0.4, -0.2) is 23.1 Å². The Morgan fingerprint density at radius 1 is 1.21 bits per heavy atom. The van der Waals surface area contributed by atoms with Gasteiger partial charge >= 0.3 is 5.97 Å². The number of hydrogen-bond donors (Lipinski definition) is 0. The summed E-state index contributed by atoms with van der Waals surface area (Å²) < 4.78 is 0. The minimum Gasteiger partial charge on any atom is -0.364 e. The fourth-order valence-corrected chi connectivity index (χ4v) is 1.09. The van der Waals surface area contributed by atoms with E-state index < -0.39 is 0 Å². The number of nitrogens with zero attached hydrogens (tertiary/aromatic N) is 1. The standard InChI is InChI=1S/C11H21NO2/c1-7-10(6)11(13)14-12(8(2)3)9(4)5/h7-9H,1-6H3. The van der Waals surface area contributed by atoms with Crippen molar-refractivity contribution in [2.45, 2.75) is 53.6 Å². The Balaban J connectivity index is 4.39. The van der Waals surface area contributed by atoms with Crippen molar-refractivity contribution in [1.82, 2.24) is 5.06 Å². The predicted octanol–water partition coefficient (Wildman–Crippen LogP) is 2.53. The molecule has 14 heavy (non-hydrogen) atoms. The Morgan fingerprint density at radius 2 is 1.64 bits per heavy atom. The van der Waals surface area contributed by atoms with Gasteiger partial charge in [-0.05, 0) is 41.5 Å². The molecule has 0 aliphatic carbocycles. The summed E-state index contributed by atoms with van der Waals surface area (Å²) in [7, 11) is 0. The molecular weight excluding hydrogens is 178 g/mol. The number of carbonyl (C=O) groups excluding carboxylic acids is 1. The van der Waals surface area contributed by atoms with Gasteiger partial charge < -0.3 is 4.84 Å². The van der Waals surface area contributed by atoms with Crippen LogP contribution < -0.4 is 0 Å². The van der Waals surface area contributed by atoms with E-state index in [-0.39, 0.29) is 18.1 Å². The van der Waals surface area contributed by atoms with Gasteiger partial charge in [0.1, 0.15) is 0 Å². The normalized spacial score (nSPS) is 12.8. The van der Waals surface area contributed by atoms with E-state index in [4.69, 9.17) is 4.84 Å². The molecule has 0 heterocycles. The van der Waals surface area contributed by atoms with E-state index in [1.807, 2.05) is 34.6 Å². The molecule has 0 spiro atoms. The number of hydrogen-bond acceptors (Lipinski definition) is 3. The number of carbonyl (C=O) groups is 1. The fraction of sp³-hybridized carbons (Fsp3) is 0.727. The second kappa shape index (κ2) is 5.81. The molecule has 0 aromatic carbocycles. The molecule has 0 radical (unpaired) electrons. The SMILES string of the molecule is CC=C(C)C(=O)ON(C(C)C)C(C)C. The van der Waals surface area contributed by atoms with Crippen molar-refractivity contribution in [2.24, 2.45) is 0 Å². The maximum atomic E-state index is 11.5. The van der Waals surface area contributed by atoms with E-state index in [1.54, 1.807) is 18.1 Å². The first-order chi connectivity index (χ1) is 6.40. The molecule has 0 N–H and O–H groups in total. The Bertz CT molecular complexity index is 211. The first kappa shape index (κ1) is 13.2. The zero-order valence-corrected chi connectivity index (χ0v) is 10.00. The molecule has 3 nitrogen and oxygen atoms in total. The lowest BCUT2D eigenvalue weighted by Crippen LogP contribution is -2.39. The molecule has 0 saturated heterocycles. The molecule has 0 aromatic rings. The summed E-state index contributed by atoms with van der Waals surface area (Å²) in [5.74, 6) is -0.269. The van der Waals surface area contributed by atoms with E-state index in [1.165, 1.54) is 0 Å². The highest BCUT2D eigenvalue weighted by Gasteiger charge is 2.18. The van der Waals surface area contributed by atoms with Gasteiger partial charge in [-0.1, -0.05) is 6.08 Å². The van der Waals surface area contributed by atoms with E-state index in [9.17, 15) is 4.79 Å². The molecule has 0 fully saturated rings. The third kappa shape index (κ3) is 3.92. The molecular formula is C11H21NO2. The minimum atomic E-state index is -0.269. The Labute approximate surface area is 86.7 Å². The molecule has 82 valence electrons. The van der Waals surface area contributed by atoms with Gasteiger partial charge in [0.2, 0.25) is 0 Å². The maximum Gasteiger partial charge on any atom is 0.352 e. The number of allylic oxidation sites excluding steroid dienone is 1. The molecule has 0 atom stereocenters. The lowest BCUT2D eigenvalue weighted by Gasteiger charge is -2.28. The van der Waals surface area contributed by atoms with Gasteiger partial charge in [-0.15, -0.1) is 5.06 Å². The molecule has 0 amide bonds. The topological polar surface area (TPSA) is 29.5 Å². The second-order valence-electron chi connectivity index (χ2n) is 3.90. The van der Waals surface area contributed by atoms with Crippen molar-refractivity contribution in [2.75, 3.05) is 0 Å². The van der Waals surface area contributed by atoms with Gasteiger partial charge in [-0.25, -0.2) is 4.79 Å². The van der Waals surface area contributed by atoms with Gasteiger partial charge in [0.15, 0.2) is 0 Å². The van der Waals surface area contributed by atoms with Gasteiger partial charge in [-0.2, -0.15) is 0 Å². The van der Waals surface area contributed by atoms with Crippen LogP contribution in [0, 0.1) is 0 Å². The third-order valence-corrected chi connectivity index (χ3v) is 1.96. The van der Waals surface area contributed by atoms with Crippen molar-refractivity contribution >= 4 is 5.97 Å².